The van der Waals surface area contributed by atoms with Gasteiger partial charge in [0.1, 0.15) is 0 Å². The molecule has 0 aromatic heterocycles. The molecule has 2 atom stereocenters. The van der Waals surface area contributed by atoms with E-state index in [1.807, 2.05) is 4.90 Å². The smallest absolute Gasteiger partial charge is 0.227 e. The van der Waals surface area contributed by atoms with Gasteiger partial charge in [-0.2, -0.15) is 0 Å². The highest BCUT2D eigenvalue weighted by Crippen LogP contribution is 2.33. The van der Waals surface area contributed by atoms with E-state index in [4.69, 9.17) is 0 Å². The van der Waals surface area contributed by atoms with Crippen molar-refractivity contribution in [2.24, 2.45) is 11.8 Å². The van der Waals surface area contributed by atoms with E-state index in [0.717, 1.165) is 77.9 Å². The summed E-state index contributed by atoms with van der Waals surface area (Å²) in [4.78, 5) is 31.8. The first-order valence-corrected chi connectivity index (χ1v) is 9.74. The predicted octanol–water partition coefficient (Wildman–Crippen LogP) is 0.141. The van der Waals surface area contributed by atoms with Gasteiger partial charge in [-0.3, -0.25) is 14.5 Å². The zero-order chi connectivity index (χ0) is 16.5. The normalized spacial score (nSPS) is 32.2. The molecule has 0 aromatic carbocycles. The van der Waals surface area contributed by atoms with Crippen LogP contribution >= 0.6 is 0 Å². The molecule has 1 N–H and O–H groups in total. The Kier molecular flexibility index (Phi) is 4.77. The fourth-order valence-corrected chi connectivity index (χ4v) is 4.51. The molecule has 2 amide bonds. The maximum atomic E-state index is 12.9. The molecule has 1 aliphatic carbocycles. The number of carbonyl (C=O) groups is 2. The molecule has 3 saturated heterocycles. The standard InChI is InChI=1S/C18H30N4O2/c23-17(14-3-4-14)21-8-1-2-15(12-21)18(24)22-9-5-16(13-22)20-10-6-19-7-11-20/h14-16,19H,1-13H2. The SMILES string of the molecule is O=C(C1CC1)N1CCCC(C(=O)N2CCC(N3CCNCC3)C2)C1. The lowest BCUT2D eigenvalue weighted by atomic mass is 9.96. The van der Waals surface area contributed by atoms with E-state index in [9.17, 15) is 9.59 Å². The van der Waals surface area contributed by atoms with Crippen molar-refractivity contribution in [1.82, 2.24) is 20.0 Å². The maximum absolute atomic E-state index is 12.9. The third-order valence-corrected chi connectivity index (χ3v) is 6.15. The van der Waals surface area contributed by atoms with E-state index in [1.165, 1.54) is 0 Å². The molecule has 4 fully saturated rings. The number of amides is 2. The third kappa shape index (κ3) is 3.45. The number of nitrogens with zero attached hydrogens (tertiary/aromatic N) is 3. The molecular weight excluding hydrogens is 304 g/mol. The second-order valence-corrected chi connectivity index (χ2v) is 7.91. The Morgan fingerprint density at radius 2 is 1.46 bits per heavy atom. The van der Waals surface area contributed by atoms with E-state index in [2.05, 4.69) is 15.1 Å². The van der Waals surface area contributed by atoms with Crippen molar-refractivity contribution < 1.29 is 9.59 Å². The summed E-state index contributed by atoms with van der Waals surface area (Å²) in [6.07, 6.45) is 5.12. The highest BCUT2D eigenvalue weighted by Gasteiger charge is 2.39. The van der Waals surface area contributed by atoms with Crippen molar-refractivity contribution in [3.05, 3.63) is 0 Å². The third-order valence-electron chi connectivity index (χ3n) is 6.15. The average molecular weight is 334 g/mol. The Morgan fingerprint density at radius 1 is 0.750 bits per heavy atom. The highest BCUT2D eigenvalue weighted by molar-refractivity contribution is 5.83. The second kappa shape index (κ2) is 7.00. The molecule has 24 heavy (non-hydrogen) atoms. The summed E-state index contributed by atoms with van der Waals surface area (Å²) in [5, 5.41) is 3.39. The highest BCUT2D eigenvalue weighted by atomic mass is 16.2. The summed E-state index contributed by atoms with van der Waals surface area (Å²) in [6.45, 7) is 7.59. The lowest BCUT2D eigenvalue weighted by Crippen LogP contribution is -2.50. The van der Waals surface area contributed by atoms with Crippen molar-refractivity contribution in [1.29, 1.82) is 0 Å². The topological polar surface area (TPSA) is 55.9 Å². The van der Waals surface area contributed by atoms with Crippen LogP contribution in [0.5, 0.6) is 0 Å². The lowest BCUT2D eigenvalue weighted by molar-refractivity contribution is -0.140. The first-order chi connectivity index (χ1) is 11.7. The molecule has 3 heterocycles. The van der Waals surface area contributed by atoms with Crippen molar-refractivity contribution >= 4 is 11.8 Å². The van der Waals surface area contributed by atoms with Gasteiger partial charge in [-0.25, -0.2) is 0 Å². The summed E-state index contributed by atoms with van der Waals surface area (Å²) >= 11 is 0. The maximum Gasteiger partial charge on any atom is 0.227 e. The minimum atomic E-state index is 0.0308. The van der Waals surface area contributed by atoms with Crippen molar-refractivity contribution in [3.8, 4) is 0 Å². The zero-order valence-corrected chi connectivity index (χ0v) is 14.6. The van der Waals surface area contributed by atoms with Crippen molar-refractivity contribution in [3.63, 3.8) is 0 Å². The van der Waals surface area contributed by atoms with Gasteiger partial charge < -0.3 is 15.1 Å². The van der Waals surface area contributed by atoms with Crippen LogP contribution in [0, 0.1) is 11.8 Å². The van der Waals surface area contributed by atoms with Crippen LogP contribution in [-0.4, -0.2) is 84.9 Å². The number of hydrogen-bond acceptors (Lipinski definition) is 4. The first kappa shape index (κ1) is 16.3. The quantitative estimate of drug-likeness (QED) is 0.798. The zero-order valence-electron chi connectivity index (χ0n) is 14.6. The molecule has 134 valence electrons. The van der Waals surface area contributed by atoms with Gasteiger partial charge in [0, 0.05) is 64.3 Å². The molecule has 0 spiro atoms. The number of carbonyl (C=O) groups excluding carboxylic acids is 2. The Balaban J connectivity index is 1.31. The molecule has 0 bridgehead atoms. The number of rotatable bonds is 3. The van der Waals surface area contributed by atoms with Crippen LogP contribution in [0.4, 0.5) is 0 Å². The van der Waals surface area contributed by atoms with Gasteiger partial charge in [0.2, 0.25) is 11.8 Å². The van der Waals surface area contributed by atoms with E-state index in [-0.39, 0.29) is 11.8 Å². The van der Waals surface area contributed by atoms with Gasteiger partial charge in [0.05, 0.1) is 5.92 Å². The van der Waals surface area contributed by atoms with Gasteiger partial charge in [-0.1, -0.05) is 0 Å². The average Bonchev–Trinajstić information content (AvgIpc) is 3.38. The Bertz CT molecular complexity index is 487. The predicted molar refractivity (Wildman–Crippen MR) is 91.5 cm³/mol. The lowest BCUT2D eigenvalue weighted by Gasteiger charge is -2.35. The van der Waals surface area contributed by atoms with E-state index < -0.39 is 0 Å². The van der Waals surface area contributed by atoms with Gasteiger partial charge in [-0.05, 0) is 32.1 Å². The van der Waals surface area contributed by atoms with Crippen LogP contribution in [0.25, 0.3) is 0 Å². The number of nitrogens with one attached hydrogen (secondary N) is 1. The largest absolute Gasteiger partial charge is 0.342 e. The van der Waals surface area contributed by atoms with E-state index in [0.29, 0.717) is 24.4 Å². The molecule has 2 unspecified atom stereocenters. The molecule has 6 nitrogen and oxygen atoms in total. The van der Waals surface area contributed by atoms with E-state index >= 15 is 0 Å². The minimum absolute atomic E-state index is 0.0308. The van der Waals surface area contributed by atoms with Crippen LogP contribution in [0.2, 0.25) is 0 Å². The second-order valence-electron chi connectivity index (χ2n) is 7.91. The fourth-order valence-electron chi connectivity index (χ4n) is 4.51. The summed E-state index contributed by atoms with van der Waals surface area (Å²) in [5.74, 6) is 0.888. The van der Waals surface area contributed by atoms with Gasteiger partial charge >= 0.3 is 0 Å². The molecule has 0 radical (unpaired) electrons. The van der Waals surface area contributed by atoms with Crippen LogP contribution in [0.3, 0.4) is 0 Å². The molecule has 1 saturated carbocycles. The monoisotopic (exact) mass is 334 g/mol. The molecule has 4 aliphatic rings. The number of hydrogen-bond donors (Lipinski definition) is 1. The summed E-state index contributed by atoms with van der Waals surface area (Å²) in [6, 6.07) is 0.531. The van der Waals surface area contributed by atoms with Crippen molar-refractivity contribution in [2.45, 2.75) is 38.1 Å². The van der Waals surface area contributed by atoms with E-state index in [1.54, 1.807) is 0 Å². The molecule has 0 aromatic rings. The summed E-state index contributed by atoms with van der Waals surface area (Å²) in [7, 11) is 0. The van der Waals surface area contributed by atoms with Crippen LogP contribution in [0.1, 0.15) is 32.1 Å². The van der Waals surface area contributed by atoms with Gasteiger partial charge in [0.15, 0.2) is 0 Å². The number of likely N-dealkylation sites (tertiary alicyclic amines) is 2. The Labute approximate surface area is 144 Å². The van der Waals surface area contributed by atoms with Gasteiger partial charge in [0.25, 0.3) is 0 Å². The molecule has 4 rings (SSSR count). The molecule has 6 heteroatoms. The number of piperazine rings is 1. The number of piperidine rings is 1. The van der Waals surface area contributed by atoms with Crippen LogP contribution in [0.15, 0.2) is 0 Å². The molecule has 3 aliphatic heterocycles. The Hall–Kier alpha value is -1.14. The summed E-state index contributed by atoms with van der Waals surface area (Å²) in [5.41, 5.74) is 0. The molecular formula is C18H30N4O2. The first-order valence-electron chi connectivity index (χ1n) is 9.74. The minimum Gasteiger partial charge on any atom is -0.342 e. The Morgan fingerprint density at radius 3 is 2.21 bits per heavy atom. The van der Waals surface area contributed by atoms with Crippen LogP contribution < -0.4 is 5.32 Å². The van der Waals surface area contributed by atoms with Gasteiger partial charge in [-0.15, -0.1) is 0 Å². The fraction of sp³-hybridized carbons (Fsp3) is 0.889. The van der Waals surface area contributed by atoms with Crippen molar-refractivity contribution in [2.75, 3.05) is 52.4 Å². The van der Waals surface area contributed by atoms with Crippen LogP contribution in [-0.2, 0) is 9.59 Å². The summed E-state index contributed by atoms with van der Waals surface area (Å²) < 4.78 is 0.